The molecule has 0 amide bonds. The first-order valence-corrected chi connectivity index (χ1v) is 7.26. The van der Waals surface area contributed by atoms with E-state index in [0.29, 0.717) is 19.5 Å². The number of carbonyl (C=O) groups is 1. The minimum Gasteiger partial charge on any atom is -0.370 e. The molecule has 12 nitrogen and oxygen atoms in total. The molecule has 0 saturated heterocycles. The topological polar surface area (TPSA) is 221 Å². The average Bonchev–Trinajstić information content (AvgIpc) is 2.42. The van der Waals surface area contributed by atoms with Crippen LogP contribution < -0.4 is 28.7 Å². The number of aliphatic imine (C=N–C) groups is 3. The van der Waals surface area contributed by atoms with Gasteiger partial charge in [-0.3, -0.25) is 15.2 Å². The number of rotatable bonds is 7. The Morgan fingerprint density at radius 1 is 1.00 bits per heavy atom. The lowest BCUT2D eigenvalue weighted by Crippen LogP contribution is -2.35. The van der Waals surface area contributed by atoms with E-state index in [0.717, 1.165) is 24.3 Å². The lowest BCUT2D eigenvalue weighted by atomic mass is 10.2. The van der Waals surface area contributed by atoms with Crippen molar-refractivity contribution in [2.24, 2.45) is 43.6 Å². The van der Waals surface area contributed by atoms with Crippen LogP contribution in [-0.2, 0) is 9.63 Å². The van der Waals surface area contributed by atoms with Gasteiger partial charge in [-0.2, -0.15) is 15.0 Å². The van der Waals surface area contributed by atoms with Crippen molar-refractivity contribution in [1.29, 1.82) is 5.41 Å². The van der Waals surface area contributed by atoms with Gasteiger partial charge in [0.25, 0.3) is 5.96 Å². The van der Waals surface area contributed by atoms with Crippen LogP contribution in [0.1, 0.15) is 32.6 Å². The van der Waals surface area contributed by atoms with Crippen molar-refractivity contribution >= 4 is 29.8 Å². The number of unbranched alkanes of at least 4 members (excludes halogenated alkanes) is 3. The predicted octanol–water partition coefficient (Wildman–Crippen LogP) is -1.88. The molecule has 0 saturated carbocycles. The Labute approximate surface area is 140 Å². The van der Waals surface area contributed by atoms with E-state index in [-0.39, 0.29) is 23.8 Å². The zero-order valence-corrected chi connectivity index (χ0v) is 13.7. The van der Waals surface area contributed by atoms with Crippen LogP contribution in [0.25, 0.3) is 0 Å². The summed E-state index contributed by atoms with van der Waals surface area (Å²) in [4.78, 5) is 27.0. The molecule has 0 fully saturated rings. The molecule has 0 aromatic carbocycles. The molecule has 24 heavy (non-hydrogen) atoms. The van der Waals surface area contributed by atoms with Crippen LogP contribution in [0.4, 0.5) is 0 Å². The van der Waals surface area contributed by atoms with Crippen LogP contribution in [0, 0.1) is 5.41 Å². The summed E-state index contributed by atoms with van der Waals surface area (Å²) in [6, 6.07) is 0. The van der Waals surface area contributed by atoms with E-state index >= 15 is 0 Å². The molecule has 136 valence electrons. The molecule has 0 heterocycles. The largest absolute Gasteiger partial charge is 0.370 e. The number of nitrogens with one attached hydrogen (secondary N) is 1. The zero-order chi connectivity index (χ0) is 18.5. The van der Waals surface area contributed by atoms with Crippen LogP contribution in [0.3, 0.4) is 0 Å². The van der Waals surface area contributed by atoms with Gasteiger partial charge in [-0.15, -0.1) is 0 Å². The van der Waals surface area contributed by atoms with Crippen molar-refractivity contribution in [1.82, 2.24) is 5.06 Å². The molecule has 0 aromatic rings. The van der Waals surface area contributed by atoms with Gasteiger partial charge in [0.05, 0.1) is 6.54 Å². The molecule has 0 aromatic heterocycles. The molecule has 0 bridgehead atoms. The number of carbonyl (C=O) groups excluding carboxylic acids is 1. The second kappa shape index (κ2) is 11.5. The monoisotopic (exact) mass is 342 g/mol. The molecule has 0 atom stereocenters. The number of nitrogens with zero attached hydrogens (tertiary/aromatic N) is 4. The van der Waals surface area contributed by atoms with Crippen molar-refractivity contribution in [2.75, 3.05) is 13.1 Å². The Morgan fingerprint density at radius 3 is 2.12 bits per heavy atom. The van der Waals surface area contributed by atoms with Crippen LogP contribution in [0.15, 0.2) is 15.0 Å². The second-order valence-electron chi connectivity index (χ2n) is 4.74. The summed E-state index contributed by atoms with van der Waals surface area (Å²) in [6.45, 7) is 2.03. The summed E-state index contributed by atoms with van der Waals surface area (Å²) < 4.78 is 0. The third-order valence-electron chi connectivity index (χ3n) is 2.50. The third-order valence-corrected chi connectivity index (χ3v) is 2.50. The molecule has 12 heteroatoms. The van der Waals surface area contributed by atoms with E-state index in [1.807, 2.05) is 0 Å². The zero-order valence-electron chi connectivity index (χ0n) is 13.7. The first-order valence-electron chi connectivity index (χ1n) is 7.26. The van der Waals surface area contributed by atoms with Crippen molar-refractivity contribution in [3.8, 4) is 0 Å². The molecular formula is C12H26N10O2. The Morgan fingerprint density at radius 2 is 1.58 bits per heavy atom. The van der Waals surface area contributed by atoms with Gasteiger partial charge < -0.3 is 33.5 Å². The quantitative estimate of drug-likeness (QED) is 0.133. The van der Waals surface area contributed by atoms with E-state index < -0.39 is 5.97 Å². The molecule has 11 N–H and O–H groups in total. The summed E-state index contributed by atoms with van der Waals surface area (Å²) in [6.07, 6.45) is 3.15. The van der Waals surface area contributed by atoms with Gasteiger partial charge in [-0.1, -0.05) is 12.8 Å². The van der Waals surface area contributed by atoms with Gasteiger partial charge in [0.2, 0.25) is 5.96 Å². The van der Waals surface area contributed by atoms with E-state index in [2.05, 4.69) is 15.0 Å². The Bertz CT molecular complexity index is 506. The smallest absolute Gasteiger partial charge is 0.329 e. The van der Waals surface area contributed by atoms with Gasteiger partial charge >= 0.3 is 5.97 Å². The maximum absolute atomic E-state index is 11.0. The van der Waals surface area contributed by atoms with Gasteiger partial charge in [-0.05, 0) is 12.8 Å². The highest BCUT2D eigenvalue weighted by molar-refractivity contribution is 5.92. The molecule has 0 aliphatic rings. The summed E-state index contributed by atoms with van der Waals surface area (Å²) in [7, 11) is 0. The first kappa shape index (κ1) is 20.9. The number of guanidine groups is 4. The number of hydroxylamine groups is 2. The fourth-order valence-electron chi connectivity index (χ4n) is 1.61. The van der Waals surface area contributed by atoms with Crippen LogP contribution in [0.5, 0.6) is 0 Å². The minimum atomic E-state index is -0.560. The summed E-state index contributed by atoms with van der Waals surface area (Å²) in [5, 5.41) is 8.69. The predicted molar refractivity (Wildman–Crippen MR) is 92.8 cm³/mol. The Balaban J connectivity index is 4.12. The first-order chi connectivity index (χ1) is 11.2. The average molecular weight is 342 g/mol. The minimum absolute atomic E-state index is 0.0433. The molecule has 0 rings (SSSR count). The number of hydrogen-bond acceptors (Lipinski definition) is 4. The lowest BCUT2D eigenvalue weighted by Gasteiger charge is -2.20. The van der Waals surface area contributed by atoms with E-state index in [9.17, 15) is 4.79 Å². The Kier molecular flexibility index (Phi) is 10.0. The number of nitrogens with two attached hydrogens (primary N) is 5. The van der Waals surface area contributed by atoms with Crippen molar-refractivity contribution < 1.29 is 9.63 Å². The van der Waals surface area contributed by atoms with Crippen molar-refractivity contribution in [3.05, 3.63) is 0 Å². The normalized spacial score (nSPS) is 10.6. The van der Waals surface area contributed by atoms with E-state index in [1.54, 1.807) is 0 Å². The second-order valence-corrected chi connectivity index (χ2v) is 4.74. The fourth-order valence-corrected chi connectivity index (χ4v) is 1.61. The highest BCUT2D eigenvalue weighted by Gasteiger charge is 2.12. The highest BCUT2D eigenvalue weighted by Crippen LogP contribution is 2.04. The summed E-state index contributed by atoms with van der Waals surface area (Å²) in [5.74, 6) is -1.27. The standard InChI is InChI=1S/C12H26N10O2/c1-8(23)24-22(12(18)21-10(15)16)7-5-3-2-4-6-19-11(17)20-9(13)14/h2-7H2,1H3,(H5,15,16,18,21)(H6,13,14,17,19,20). The van der Waals surface area contributed by atoms with E-state index in [1.165, 1.54) is 6.92 Å². The molecule has 0 spiro atoms. The van der Waals surface area contributed by atoms with Gasteiger partial charge in [-0.25, -0.2) is 0 Å². The maximum Gasteiger partial charge on any atom is 0.329 e. The summed E-state index contributed by atoms with van der Waals surface area (Å²) >= 11 is 0. The third kappa shape index (κ3) is 11.6. The molecule has 0 aliphatic heterocycles. The SMILES string of the molecule is CC(=O)ON(CCCCCCN=C(N)N=C(N)N)C(=N)N=C(N)N. The lowest BCUT2D eigenvalue weighted by molar-refractivity contribution is -0.170. The molecule has 0 unspecified atom stereocenters. The van der Waals surface area contributed by atoms with Crippen molar-refractivity contribution in [3.63, 3.8) is 0 Å². The van der Waals surface area contributed by atoms with Gasteiger partial charge in [0.15, 0.2) is 11.9 Å². The molecule has 0 aliphatic carbocycles. The summed E-state index contributed by atoms with van der Waals surface area (Å²) in [5.41, 5.74) is 26.2. The maximum atomic E-state index is 11.0. The van der Waals surface area contributed by atoms with Gasteiger partial charge in [0, 0.05) is 13.5 Å². The number of hydrogen-bond donors (Lipinski definition) is 6. The van der Waals surface area contributed by atoms with Crippen molar-refractivity contribution in [2.45, 2.75) is 32.6 Å². The van der Waals surface area contributed by atoms with Crippen LogP contribution >= 0.6 is 0 Å². The Hall–Kier alpha value is -3.05. The molecular weight excluding hydrogens is 316 g/mol. The van der Waals surface area contributed by atoms with Crippen LogP contribution in [0.2, 0.25) is 0 Å². The van der Waals surface area contributed by atoms with Crippen LogP contribution in [-0.4, -0.2) is 48.0 Å². The fraction of sp³-hybridized carbons (Fsp3) is 0.583. The molecule has 0 radical (unpaired) electrons. The van der Waals surface area contributed by atoms with E-state index in [4.69, 9.17) is 38.9 Å². The van der Waals surface area contributed by atoms with Gasteiger partial charge in [0.1, 0.15) is 0 Å². The highest BCUT2D eigenvalue weighted by atomic mass is 16.7.